The minimum Gasteiger partial charge on any atom is -0.489 e. The van der Waals surface area contributed by atoms with E-state index in [0.717, 1.165) is 33.6 Å². The maximum Gasteiger partial charge on any atom is 0.320 e. The molecule has 0 saturated heterocycles. The monoisotopic (exact) mass is 556 g/mol. The Morgan fingerprint density at radius 1 is 0.805 bits per heavy atom. The molecule has 0 aliphatic rings. The third-order valence-electron chi connectivity index (χ3n) is 6.81. The molecule has 4 rings (SSSR count). The minimum absolute atomic E-state index is 0.233. The molecule has 0 unspecified atom stereocenters. The van der Waals surface area contributed by atoms with Gasteiger partial charge >= 0.3 is 5.97 Å². The fourth-order valence-corrected chi connectivity index (χ4v) is 4.65. The number of carboxylic acid groups (broad SMARTS) is 1. The van der Waals surface area contributed by atoms with Crippen LogP contribution in [0.3, 0.4) is 0 Å². The summed E-state index contributed by atoms with van der Waals surface area (Å²) in [5.41, 5.74) is 11.8. The molecular formula is C34H37FN2O4. The van der Waals surface area contributed by atoms with Crippen molar-refractivity contribution in [3.8, 4) is 11.5 Å². The van der Waals surface area contributed by atoms with Crippen molar-refractivity contribution in [3.05, 3.63) is 130 Å². The third-order valence-corrected chi connectivity index (χ3v) is 6.81. The van der Waals surface area contributed by atoms with E-state index < -0.39 is 12.0 Å². The van der Waals surface area contributed by atoms with E-state index in [9.17, 15) is 14.3 Å². The fourth-order valence-electron chi connectivity index (χ4n) is 4.65. The molecule has 0 aliphatic heterocycles. The van der Waals surface area contributed by atoms with E-state index in [1.54, 1.807) is 6.07 Å². The van der Waals surface area contributed by atoms with Gasteiger partial charge in [0.05, 0.1) is 0 Å². The number of aryl methyl sites for hydroxylation is 2. The first-order chi connectivity index (χ1) is 19.8. The Balaban J connectivity index is 1.54. The Morgan fingerprint density at radius 2 is 1.39 bits per heavy atom. The third kappa shape index (κ3) is 9.17. The van der Waals surface area contributed by atoms with Crippen LogP contribution in [0.4, 0.5) is 4.39 Å². The Kier molecular flexibility index (Phi) is 10.5. The van der Waals surface area contributed by atoms with Gasteiger partial charge < -0.3 is 20.3 Å². The molecule has 214 valence electrons. The van der Waals surface area contributed by atoms with E-state index >= 15 is 0 Å². The van der Waals surface area contributed by atoms with Crippen molar-refractivity contribution >= 4 is 5.97 Å². The van der Waals surface area contributed by atoms with Crippen molar-refractivity contribution in [2.24, 2.45) is 5.73 Å². The van der Waals surface area contributed by atoms with Crippen molar-refractivity contribution in [2.75, 3.05) is 6.54 Å². The number of aliphatic carboxylic acids is 1. The number of carboxylic acids is 1. The van der Waals surface area contributed by atoms with E-state index in [1.165, 1.54) is 12.1 Å². The normalized spacial score (nSPS) is 11.8. The van der Waals surface area contributed by atoms with Gasteiger partial charge in [-0.15, -0.1) is 0 Å². The molecule has 0 spiro atoms. The van der Waals surface area contributed by atoms with Crippen LogP contribution in [0, 0.1) is 19.7 Å². The molecule has 41 heavy (non-hydrogen) atoms. The lowest BCUT2D eigenvalue weighted by atomic mass is 10.1. The van der Waals surface area contributed by atoms with Crippen LogP contribution in [0.25, 0.3) is 0 Å². The number of nitrogens with two attached hydrogens (primary N) is 1. The molecule has 3 N–H and O–H groups in total. The topological polar surface area (TPSA) is 85.0 Å². The summed E-state index contributed by atoms with van der Waals surface area (Å²) in [7, 11) is 0. The van der Waals surface area contributed by atoms with Crippen molar-refractivity contribution in [2.45, 2.75) is 52.6 Å². The number of hydrogen-bond donors (Lipinski definition) is 2. The molecular weight excluding hydrogens is 519 g/mol. The van der Waals surface area contributed by atoms with Crippen LogP contribution >= 0.6 is 0 Å². The molecule has 0 heterocycles. The second-order valence-electron chi connectivity index (χ2n) is 10.4. The van der Waals surface area contributed by atoms with Gasteiger partial charge in [-0.2, -0.15) is 0 Å². The zero-order valence-electron chi connectivity index (χ0n) is 23.6. The van der Waals surface area contributed by atoms with Crippen molar-refractivity contribution in [1.29, 1.82) is 0 Å². The highest BCUT2D eigenvalue weighted by Crippen LogP contribution is 2.26. The number of ether oxygens (including phenoxy) is 2. The number of halogens is 1. The summed E-state index contributed by atoms with van der Waals surface area (Å²) in [6.07, 6.45) is 0.233. The van der Waals surface area contributed by atoms with Gasteiger partial charge in [0.15, 0.2) is 0 Å². The second kappa shape index (κ2) is 14.4. The number of para-hydroxylation sites is 1. The molecule has 0 aliphatic carbocycles. The molecule has 0 fully saturated rings. The number of nitrogens with zero attached hydrogens (tertiary/aromatic N) is 1. The van der Waals surface area contributed by atoms with Crippen LogP contribution in [-0.4, -0.2) is 28.6 Å². The van der Waals surface area contributed by atoms with Gasteiger partial charge in [0, 0.05) is 30.8 Å². The van der Waals surface area contributed by atoms with Crippen LogP contribution in [-0.2, 0) is 31.1 Å². The molecule has 0 saturated carbocycles. The van der Waals surface area contributed by atoms with E-state index in [1.807, 2.05) is 79.4 Å². The summed E-state index contributed by atoms with van der Waals surface area (Å²) in [5.74, 6) is -0.118. The minimum atomic E-state index is -1.06. The van der Waals surface area contributed by atoms with E-state index in [-0.39, 0.29) is 12.2 Å². The van der Waals surface area contributed by atoms with Crippen LogP contribution in [0.2, 0.25) is 0 Å². The van der Waals surface area contributed by atoms with Crippen molar-refractivity contribution < 1.29 is 23.8 Å². The Labute approximate surface area is 241 Å². The zero-order chi connectivity index (χ0) is 29.2. The Morgan fingerprint density at radius 3 is 2.00 bits per heavy atom. The predicted molar refractivity (Wildman–Crippen MR) is 158 cm³/mol. The Hall–Kier alpha value is -4.20. The summed E-state index contributed by atoms with van der Waals surface area (Å²) in [6.45, 7) is 6.00. The smallest absolute Gasteiger partial charge is 0.320 e. The van der Waals surface area contributed by atoms with Gasteiger partial charge in [-0.05, 0) is 55.7 Å². The zero-order valence-corrected chi connectivity index (χ0v) is 23.6. The molecule has 0 bridgehead atoms. The van der Waals surface area contributed by atoms with E-state index in [0.29, 0.717) is 44.2 Å². The van der Waals surface area contributed by atoms with E-state index in [4.69, 9.17) is 15.2 Å². The summed E-state index contributed by atoms with van der Waals surface area (Å²) in [4.78, 5) is 13.5. The van der Waals surface area contributed by atoms with Gasteiger partial charge in [-0.25, -0.2) is 4.39 Å². The highest BCUT2D eigenvalue weighted by Gasteiger charge is 2.18. The summed E-state index contributed by atoms with van der Waals surface area (Å²) in [6, 6.07) is 27.5. The standard InChI is InChI=1S/C34H37FN2O4/c1-24-7-5-9-26(17-24)22-40-32-12-4-3-11-28(32)20-37(16-15-31(36)34(38)39)21-29-19-30(35)13-14-33(29)41-23-27-10-6-8-25(2)18-27/h3-14,17-19,31H,15-16,20-23,36H2,1-2H3,(H,38,39)/t31-/m0/s1. The van der Waals surface area contributed by atoms with Gasteiger partial charge in [-0.1, -0.05) is 77.9 Å². The summed E-state index contributed by atoms with van der Waals surface area (Å²) >= 11 is 0. The summed E-state index contributed by atoms with van der Waals surface area (Å²) < 4.78 is 26.8. The molecule has 0 amide bonds. The quantitative estimate of drug-likeness (QED) is 0.187. The first-order valence-corrected chi connectivity index (χ1v) is 13.7. The van der Waals surface area contributed by atoms with Gasteiger partial charge in [0.1, 0.15) is 36.6 Å². The SMILES string of the molecule is Cc1cccc(COc2ccccc2CN(CC[C@H](N)C(=O)O)Cc2cc(F)ccc2OCc2cccc(C)c2)c1. The second-order valence-corrected chi connectivity index (χ2v) is 10.4. The highest BCUT2D eigenvalue weighted by atomic mass is 19.1. The van der Waals surface area contributed by atoms with Crippen LogP contribution < -0.4 is 15.2 Å². The molecule has 0 radical (unpaired) electrons. The average molecular weight is 557 g/mol. The van der Waals surface area contributed by atoms with Gasteiger partial charge in [0.2, 0.25) is 0 Å². The molecule has 4 aromatic rings. The first-order valence-electron chi connectivity index (χ1n) is 13.7. The lowest BCUT2D eigenvalue weighted by Crippen LogP contribution is -2.35. The lowest BCUT2D eigenvalue weighted by Gasteiger charge is -2.25. The first kappa shape index (κ1) is 29.8. The highest BCUT2D eigenvalue weighted by molar-refractivity contribution is 5.73. The van der Waals surface area contributed by atoms with Crippen LogP contribution in [0.15, 0.2) is 91.0 Å². The fraction of sp³-hybridized carbons (Fsp3) is 0.265. The van der Waals surface area contributed by atoms with E-state index in [2.05, 4.69) is 12.1 Å². The van der Waals surface area contributed by atoms with Crippen molar-refractivity contribution in [1.82, 2.24) is 4.90 Å². The molecule has 0 aromatic heterocycles. The van der Waals surface area contributed by atoms with Crippen LogP contribution in [0.5, 0.6) is 11.5 Å². The largest absolute Gasteiger partial charge is 0.489 e. The number of carbonyl (C=O) groups is 1. The van der Waals surface area contributed by atoms with Crippen LogP contribution in [0.1, 0.15) is 39.8 Å². The van der Waals surface area contributed by atoms with Gasteiger partial charge in [-0.3, -0.25) is 9.69 Å². The maximum absolute atomic E-state index is 14.4. The molecule has 7 heteroatoms. The summed E-state index contributed by atoms with van der Waals surface area (Å²) in [5, 5.41) is 9.36. The molecule has 1 atom stereocenters. The van der Waals surface area contributed by atoms with Gasteiger partial charge in [0.25, 0.3) is 0 Å². The molecule has 6 nitrogen and oxygen atoms in total. The van der Waals surface area contributed by atoms with Crippen molar-refractivity contribution in [3.63, 3.8) is 0 Å². The predicted octanol–water partition coefficient (Wildman–Crippen LogP) is 6.40. The average Bonchev–Trinajstić information content (AvgIpc) is 2.95. The number of benzene rings is 4. The lowest BCUT2D eigenvalue weighted by molar-refractivity contribution is -0.138. The number of rotatable bonds is 14. The maximum atomic E-state index is 14.4. The Bertz CT molecular complexity index is 1460. The molecule has 4 aromatic carbocycles. The number of hydrogen-bond acceptors (Lipinski definition) is 5.